The Labute approximate surface area is 157 Å². The number of methoxy groups -OCH3 is 1. The summed E-state index contributed by atoms with van der Waals surface area (Å²) >= 11 is 0. The number of ether oxygens (including phenoxy) is 1. The summed E-state index contributed by atoms with van der Waals surface area (Å²) in [4.78, 5) is 31.2. The van der Waals surface area contributed by atoms with Crippen LogP contribution in [0.5, 0.6) is 0 Å². The molecule has 7 nitrogen and oxygen atoms in total. The van der Waals surface area contributed by atoms with Crippen LogP contribution in [-0.2, 0) is 22.6 Å². The average Bonchev–Trinajstić information content (AvgIpc) is 2.70. The molecule has 1 amide bonds. The zero-order chi connectivity index (χ0) is 19.2. The van der Waals surface area contributed by atoms with Gasteiger partial charge in [0.2, 0.25) is 5.91 Å². The number of aromatic nitrogens is 3. The standard InChI is InChI=1S/C20H22N4O3/c1-15-17-5-3-4-6-18(17)20(26)24(22-15)14-19(25)23(11-12-27-2)13-16-7-9-21-10-8-16/h3-10H,11-14H2,1-2H3. The van der Waals surface area contributed by atoms with Crippen molar-refractivity contribution in [3.05, 3.63) is 70.4 Å². The first-order chi connectivity index (χ1) is 13.1. The van der Waals surface area contributed by atoms with Crippen LogP contribution in [0.1, 0.15) is 11.3 Å². The third-order valence-electron chi connectivity index (χ3n) is 4.38. The lowest BCUT2D eigenvalue weighted by atomic mass is 10.1. The first-order valence-electron chi connectivity index (χ1n) is 8.72. The normalized spacial score (nSPS) is 10.9. The Morgan fingerprint density at radius 2 is 1.85 bits per heavy atom. The van der Waals surface area contributed by atoms with E-state index in [4.69, 9.17) is 4.74 Å². The summed E-state index contributed by atoms with van der Waals surface area (Å²) in [6.45, 7) is 2.99. The van der Waals surface area contributed by atoms with E-state index in [-0.39, 0.29) is 18.0 Å². The average molecular weight is 366 g/mol. The molecule has 0 fully saturated rings. The van der Waals surface area contributed by atoms with Gasteiger partial charge >= 0.3 is 0 Å². The quantitative estimate of drug-likeness (QED) is 0.637. The molecule has 7 heteroatoms. The van der Waals surface area contributed by atoms with Crippen molar-refractivity contribution in [1.82, 2.24) is 19.7 Å². The molecule has 27 heavy (non-hydrogen) atoms. The highest BCUT2D eigenvalue weighted by Crippen LogP contribution is 2.12. The van der Waals surface area contributed by atoms with Crippen LogP contribution in [0.25, 0.3) is 10.8 Å². The van der Waals surface area contributed by atoms with E-state index in [1.54, 1.807) is 30.5 Å². The zero-order valence-corrected chi connectivity index (χ0v) is 15.5. The summed E-state index contributed by atoms with van der Waals surface area (Å²) in [5, 5.41) is 5.70. The van der Waals surface area contributed by atoms with Crippen molar-refractivity contribution in [3.8, 4) is 0 Å². The maximum atomic E-state index is 12.9. The van der Waals surface area contributed by atoms with Gasteiger partial charge in [-0.3, -0.25) is 14.6 Å². The van der Waals surface area contributed by atoms with Gasteiger partial charge in [0.15, 0.2) is 0 Å². The monoisotopic (exact) mass is 366 g/mol. The Kier molecular flexibility index (Phi) is 5.93. The summed E-state index contributed by atoms with van der Waals surface area (Å²) < 4.78 is 6.36. The molecule has 0 radical (unpaired) electrons. The number of amides is 1. The van der Waals surface area contributed by atoms with Crippen molar-refractivity contribution in [3.63, 3.8) is 0 Å². The van der Waals surface area contributed by atoms with Gasteiger partial charge in [0, 0.05) is 38.0 Å². The topological polar surface area (TPSA) is 77.3 Å². The molecule has 0 atom stereocenters. The first-order valence-corrected chi connectivity index (χ1v) is 8.72. The Bertz CT molecular complexity index is 985. The molecular weight excluding hydrogens is 344 g/mol. The van der Waals surface area contributed by atoms with Crippen molar-refractivity contribution >= 4 is 16.7 Å². The largest absolute Gasteiger partial charge is 0.383 e. The summed E-state index contributed by atoms with van der Waals surface area (Å²) in [6.07, 6.45) is 3.38. The van der Waals surface area contributed by atoms with Gasteiger partial charge in [0.1, 0.15) is 6.54 Å². The van der Waals surface area contributed by atoms with Crippen molar-refractivity contribution in [2.75, 3.05) is 20.3 Å². The number of benzene rings is 1. The molecule has 0 aliphatic rings. The van der Waals surface area contributed by atoms with Crippen molar-refractivity contribution in [2.45, 2.75) is 20.0 Å². The fraction of sp³-hybridized carbons (Fsp3) is 0.300. The highest BCUT2D eigenvalue weighted by molar-refractivity contribution is 5.83. The number of nitrogens with zero attached hydrogens (tertiary/aromatic N) is 4. The molecule has 0 aliphatic carbocycles. The predicted molar refractivity (Wildman–Crippen MR) is 102 cm³/mol. The SMILES string of the molecule is COCCN(Cc1ccncc1)C(=O)Cn1nc(C)c2ccccc2c1=O. The summed E-state index contributed by atoms with van der Waals surface area (Å²) in [6, 6.07) is 11.0. The molecule has 0 saturated heterocycles. The number of hydrogen-bond donors (Lipinski definition) is 0. The lowest BCUT2D eigenvalue weighted by Gasteiger charge is -2.23. The van der Waals surface area contributed by atoms with Gasteiger partial charge in [-0.15, -0.1) is 0 Å². The van der Waals surface area contributed by atoms with Crippen LogP contribution in [0, 0.1) is 6.92 Å². The zero-order valence-electron chi connectivity index (χ0n) is 15.5. The maximum absolute atomic E-state index is 12.9. The summed E-state index contributed by atoms with van der Waals surface area (Å²) in [7, 11) is 1.59. The minimum atomic E-state index is -0.264. The molecule has 3 rings (SSSR count). The second kappa shape index (κ2) is 8.55. The Morgan fingerprint density at radius 1 is 1.15 bits per heavy atom. The second-order valence-corrected chi connectivity index (χ2v) is 6.26. The Balaban J connectivity index is 1.85. The van der Waals surface area contributed by atoms with Crippen LogP contribution in [0.15, 0.2) is 53.6 Å². The van der Waals surface area contributed by atoms with Crippen molar-refractivity contribution in [2.24, 2.45) is 0 Å². The molecule has 0 unspecified atom stereocenters. The van der Waals surface area contributed by atoms with E-state index >= 15 is 0 Å². The van der Waals surface area contributed by atoms with Crippen molar-refractivity contribution < 1.29 is 9.53 Å². The van der Waals surface area contributed by atoms with E-state index < -0.39 is 0 Å². The smallest absolute Gasteiger partial charge is 0.275 e. The molecule has 2 heterocycles. The van der Waals surface area contributed by atoms with Crippen molar-refractivity contribution in [1.29, 1.82) is 0 Å². The Hall–Kier alpha value is -3.06. The lowest BCUT2D eigenvalue weighted by molar-refractivity contribution is -0.133. The molecule has 0 aliphatic heterocycles. The third kappa shape index (κ3) is 4.38. The predicted octanol–water partition coefficient (Wildman–Crippen LogP) is 1.78. The van der Waals surface area contributed by atoms with E-state index in [0.29, 0.717) is 25.1 Å². The number of carbonyl (C=O) groups is 1. The number of rotatable bonds is 7. The third-order valence-corrected chi connectivity index (χ3v) is 4.38. The van der Waals surface area contributed by atoms with E-state index in [2.05, 4.69) is 10.1 Å². The molecule has 0 saturated carbocycles. The highest BCUT2D eigenvalue weighted by Gasteiger charge is 2.17. The van der Waals surface area contributed by atoms with Gasteiger partial charge < -0.3 is 9.64 Å². The summed E-state index contributed by atoms with van der Waals surface area (Å²) in [5.74, 6) is -0.187. The van der Waals surface area contributed by atoms with Crippen LogP contribution in [0.4, 0.5) is 0 Å². The molecule has 1 aromatic carbocycles. The van der Waals surface area contributed by atoms with Crippen LogP contribution >= 0.6 is 0 Å². The minimum Gasteiger partial charge on any atom is -0.383 e. The number of hydrogen-bond acceptors (Lipinski definition) is 5. The van der Waals surface area contributed by atoms with E-state index in [9.17, 15) is 9.59 Å². The molecule has 0 spiro atoms. The number of pyridine rings is 1. The van der Waals surface area contributed by atoms with Gasteiger partial charge in [-0.25, -0.2) is 4.68 Å². The van der Waals surface area contributed by atoms with Crippen LogP contribution in [0.2, 0.25) is 0 Å². The molecule has 0 N–H and O–H groups in total. The van der Waals surface area contributed by atoms with E-state index in [1.807, 2.05) is 37.3 Å². The van der Waals surface area contributed by atoms with E-state index in [0.717, 1.165) is 16.6 Å². The number of carbonyl (C=O) groups excluding carboxylic acids is 1. The molecule has 140 valence electrons. The van der Waals surface area contributed by atoms with Gasteiger partial charge in [0.05, 0.1) is 17.7 Å². The van der Waals surface area contributed by atoms with Crippen LogP contribution in [-0.4, -0.2) is 45.8 Å². The molecule has 0 bridgehead atoms. The molecule has 2 aromatic heterocycles. The molecule has 3 aromatic rings. The van der Waals surface area contributed by atoms with Gasteiger partial charge in [0.25, 0.3) is 5.56 Å². The lowest BCUT2D eigenvalue weighted by Crippen LogP contribution is -2.39. The van der Waals surface area contributed by atoms with Crippen LogP contribution in [0.3, 0.4) is 0 Å². The van der Waals surface area contributed by atoms with Gasteiger partial charge in [-0.1, -0.05) is 18.2 Å². The van der Waals surface area contributed by atoms with Crippen LogP contribution < -0.4 is 5.56 Å². The fourth-order valence-corrected chi connectivity index (χ4v) is 2.94. The van der Waals surface area contributed by atoms with Gasteiger partial charge in [-0.05, 0) is 30.7 Å². The van der Waals surface area contributed by atoms with Gasteiger partial charge in [-0.2, -0.15) is 5.10 Å². The highest BCUT2D eigenvalue weighted by atomic mass is 16.5. The second-order valence-electron chi connectivity index (χ2n) is 6.26. The Morgan fingerprint density at radius 3 is 2.56 bits per heavy atom. The maximum Gasteiger partial charge on any atom is 0.275 e. The minimum absolute atomic E-state index is 0.112. The number of fused-ring (bicyclic) bond motifs is 1. The van der Waals surface area contributed by atoms with E-state index in [1.165, 1.54) is 4.68 Å². The first kappa shape index (κ1) is 18.7. The summed E-state index contributed by atoms with van der Waals surface area (Å²) in [5.41, 5.74) is 1.42. The molecular formula is C20H22N4O3. The number of aryl methyl sites for hydroxylation is 1. The fourth-order valence-electron chi connectivity index (χ4n) is 2.94.